The van der Waals surface area contributed by atoms with Crippen molar-refractivity contribution in [3.05, 3.63) is 42.1 Å². The Morgan fingerprint density at radius 1 is 1.29 bits per heavy atom. The molecular formula is C22H28N6O3. The molecule has 0 radical (unpaired) electrons. The number of rotatable bonds is 6. The van der Waals surface area contributed by atoms with Gasteiger partial charge in [-0.1, -0.05) is 0 Å². The van der Waals surface area contributed by atoms with Gasteiger partial charge in [0.25, 0.3) is 5.91 Å². The van der Waals surface area contributed by atoms with E-state index in [2.05, 4.69) is 21.0 Å². The topological polar surface area (TPSA) is 113 Å². The van der Waals surface area contributed by atoms with Crippen LogP contribution in [-0.2, 0) is 0 Å². The van der Waals surface area contributed by atoms with E-state index in [0.29, 0.717) is 22.9 Å². The van der Waals surface area contributed by atoms with E-state index >= 15 is 0 Å². The number of benzene rings is 1. The van der Waals surface area contributed by atoms with E-state index in [-0.39, 0.29) is 11.9 Å². The molecule has 0 bridgehead atoms. The Hall–Kier alpha value is -3.33. The monoisotopic (exact) mass is 424 g/mol. The first-order valence-corrected chi connectivity index (χ1v) is 10.4. The zero-order valence-corrected chi connectivity index (χ0v) is 18.0. The molecule has 2 aromatic heterocycles. The van der Waals surface area contributed by atoms with Crippen LogP contribution in [0, 0.1) is 0 Å². The molecular weight excluding hydrogens is 396 g/mol. The maximum absolute atomic E-state index is 11.9. The number of nitrogens with one attached hydrogen (secondary N) is 3. The third-order valence-electron chi connectivity index (χ3n) is 5.73. The predicted molar refractivity (Wildman–Crippen MR) is 119 cm³/mol. The van der Waals surface area contributed by atoms with Gasteiger partial charge >= 0.3 is 0 Å². The lowest BCUT2D eigenvalue weighted by molar-refractivity contribution is 0.0196. The van der Waals surface area contributed by atoms with Gasteiger partial charge in [0, 0.05) is 24.8 Å². The van der Waals surface area contributed by atoms with Gasteiger partial charge in [-0.15, -0.1) is 5.10 Å². The average molecular weight is 425 g/mol. The minimum absolute atomic E-state index is 0.187. The highest BCUT2D eigenvalue weighted by molar-refractivity contribution is 5.95. The molecule has 164 valence electrons. The molecule has 0 atom stereocenters. The molecule has 4 N–H and O–H groups in total. The van der Waals surface area contributed by atoms with Gasteiger partial charge in [0.2, 0.25) is 5.95 Å². The fourth-order valence-electron chi connectivity index (χ4n) is 3.87. The second-order valence-electron chi connectivity index (χ2n) is 8.16. The molecule has 1 fully saturated rings. The van der Waals surface area contributed by atoms with Crippen LogP contribution in [-0.4, -0.2) is 51.4 Å². The van der Waals surface area contributed by atoms with Crippen molar-refractivity contribution in [3.63, 3.8) is 0 Å². The average Bonchev–Trinajstić information content (AvgIpc) is 3.24. The molecule has 0 aliphatic heterocycles. The normalized spacial score (nSPS) is 21.0. The number of carbonyl (C=O) groups is 1. The van der Waals surface area contributed by atoms with Gasteiger partial charge in [-0.25, -0.2) is 4.52 Å². The Morgan fingerprint density at radius 3 is 2.77 bits per heavy atom. The molecule has 0 spiro atoms. The SMILES string of the molecule is CNC(=O)c1ccc(Nc2nc(NC3CCC(C)(O)CC3)c3cccn3n2)c(OC)c1. The number of amides is 1. The standard InChI is InChI=1S/C22H28N6O3/c1-22(30)10-8-15(9-11-22)24-19-17-5-4-12-28(17)27-21(26-19)25-16-7-6-14(20(29)23-2)13-18(16)31-3/h4-7,12-13,15,30H,8-11H2,1-3H3,(H,23,29)(H2,24,25,26,27). The molecule has 9 nitrogen and oxygen atoms in total. The summed E-state index contributed by atoms with van der Waals surface area (Å²) in [7, 11) is 3.14. The van der Waals surface area contributed by atoms with Crippen LogP contribution >= 0.6 is 0 Å². The first-order valence-electron chi connectivity index (χ1n) is 10.4. The molecule has 1 amide bonds. The van der Waals surface area contributed by atoms with Crippen LogP contribution < -0.4 is 20.7 Å². The van der Waals surface area contributed by atoms with Gasteiger partial charge in [0.15, 0.2) is 5.82 Å². The van der Waals surface area contributed by atoms with Crippen LogP contribution in [0.2, 0.25) is 0 Å². The Kier molecular flexibility index (Phi) is 5.69. The van der Waals surface area contributed by atoms with E-state index in [1.165, 1.54) is 0 Å². The molecule has 4 rings (SSSR count). The molecule has 1 aliphatic rings. The third kappa shape index (κ3) is 4.56. The highest BCUT2D eigenvalue weighted by Crippen LogP contribution is 2.31. The highest BCUT2D eigenvalue weighted by atomic mass is 16.5. The van der Waals surface area contributed by atoms with Crippen LogP contribution in [0.15, 0.2) is 36.5 Å². The lowest BCUT2D eigenvalue weighted by atomic mass is 9.84. The summed E-state index contributed by atoms with van der Waals surface area (Å²) in [5.74, 6) is 1.46. The summed E-state index contributed by atoms with van der Waals surface area (Å²) in [6.07, 6.45) is 5.13. The fourth-order valence-corrected chi connectivity index (χ4v) is 3.87. The summed E-state index contributed by atoms with van der Waals surface area (Å²) in [5, 5.41) is 24.1. The van der Waals surface area contributed by atoms with Crippen molar-refractivity contribution in [2.45, 2.75) is 44.2 Å². The van der Waals surface area contributed by atoms with Gasteiger partial charge in [-0.2, -0.15) is 4.98 Å². The number of methoxy groups -OCH3 is 1. The van der Waals surface area contributed by atoms with Crippen LogP contribution in [0.5, 0.6) is 5.75 Å². The molecule has 0 unspecified atom stereocenters. The Bertz CT molecular complexity index is 1080. The van der Waals surface area contributed by atoms with E-state index in [4.69, 9.17) is 9.72 Å². The van der Waals surface area contributed by atoms with E-state index in [9.17, 15) is 9.90 Å². The van der Waals surface area contributed by atoms with Crippen LogP contribution in [0.3, 0.4) is 0 Å². The Labute approximate surface area is 180 Å². The lowest BCUT2D eigenvalue weighted by Gasteiger charge is -2.33. The van der Waals surface area contributed by atoms with Gasteiger partial charge in [-0.3, -0.25) is 4.79 Å². The molecule has 1 saturated carbocycles. The number of nitrogens with zero attached hydrogens (tertiary/aromatic N) is 3. The molecule has 31 heavy (non-hydrogen) atoms. The number of carbonyl (C=O) groups excluding carboxylic acids is 1. The van der Waals surface area contributed by atoms with Crippen molar-refractivity contribution in [1.29, 1.82) is 0 Å². The Morgan fingerprint density at radius 2 is 2.06 bits per heavy atom. The summed E-state index contributed by atoms with van der Waals surface area (Å²) in [4.78, 5) is 16.6. The van der Waals surface area contributed by atoms with Crippen molar-refractivity contribution < 1.29 is 14.6 Å². The summed E-state index contributed by atoms with van der Waals surface area (Å²) < 4.78 is 7.22. The van der Waals surface area contributed by atoms with Gasteiger partial charge in [0.05, 0.1) is 18.4 Å². The molecule has 0 saturated heterocycles. The molecule has 9 heteroatoms. The second kappa shape index (κ2) is 8.43. The molecule has 1 aliphatic carbocycles. The summed E-state index contributed by atoms with van der Waals surface area (Å²) in [6, 6.07) is 9.27. The number of fused-ring (bicyclic) bond motifs is 1. The van der Waals surface area contributed by atoms with Crippen molar-refractivity contribution >= 4 is 28.9 Å². The van der Waals surface area contributed by atoms with E-state index in [1.54, 1.807) is 36.9 Å². The van der Waals surface area contributed by atoms with Crippen molar-refractivity contribution in [2.24, 2.45) is 0 Å². The lowest BCUT2D eigenvalue weighted by Crippen LogP contribution is -2.36. The first-order chi connectivity index (χ1) is 14.9. The number of hydrogen-bond donors (Lipinski definition) is 4. The largest absolute Gasteiger partial charge is 0.495 e. The van der Waals surface area contributed by atoms with Crippen molar-refractivity contribution in [3.8, 4) is 5.75 Å². The van der Waals surface area contributed by atoms with Crippen LogP contribution in [0.4, 0.5) is 17.5 Å². The highest BCUT2D eigenvalue weighted by Gasteiger charge is 2.29. The summed E-state index contributed by atoms with van der Waals surface area (Å²) in [5.41, 5.74) is 1.45. The second-order valence-corrected chi connectivity index (χ2v) is 8.16. The van der Waals surface area contributed by atoms with Gasteiger partial charge in [-0.05, 0) is 62.9 Å². The number of hydrogen-bond acceptors (Lipinski definition) is 7. The fraction of sp³-hybridized carbons (Fsp3) is 0.409. The Balaban J connectivity index is 1.60. The zero-order valence-electron chi connectivity index (χ0n) is 18.0. The molecule has 2 heterocycles. The summed E-state index contributed by atoms with van der Waals surface area (Å²) >= 11 is 0. The maximum Gasteiger partial charge on any atom is 0.251 e. The van der Waals surface area contributed by atoms with Crippen LogP contribution in [0.1, 0.15) is 43.0 Å². The summed E-state index contributed by atoms with van der Waals surface area (Å²) in [6.45, 7) is 1.89. The molecule has 3 aromatic rings. The minimum atomic E-state index is -0.585. The van der Waals surface area contributed by atoms with Gasteiger partial charge < -0.3 is 25.8 Å². The quantitative estimate of drug-likeness (QED) is 0.481. The minimum Gasteiger partial charge on any atom is -0.495 e. The third-order valence-corrected chi connectivity index (χ3v) is 5.73. The van der Waals surface area contributed by atoms with Crippen LogP contribution in [0.25, 0.3) is 5.52 Å². The van der Waals surface area contributed by atoms with Crippen molar-refractivity contribution in [2.75, 3.05) is 24.8 Å². The van der Waals surface area contributed by atoms with Gasteiger partial charge in [0.1, 0.15) is 11.3 Å². The number of aromatic nitrogens is 3. The number of aliphatic hydroxyl groups is 1. The smallest absolute Gasteiger partial charge is 0.251 e. The van der Waals surface area contributed by atoms with Crippen molar-refractivity contribution in [1.82, 2.24) is 19.9 Å². The predicted octanol–water partition coefficient (Wildman–Crippen LogP) is 2.95. The maximum atomic E-state index is 11.9. The number of ether oxygens (including phenoxy) is 1. The first kappa shape index (κ1) is 20.9. The van der Waals surface area contributed by atoms with E-state index in [1.807, 2.05) is 25.3 Å². The number of anilines is 3. The zero-order chi connectivity index (χ0) is 22.0. The molecule has 1 aromatic carbocycles. The van der Waals surface area contributed by atoms with E-state index in [0.717, 1.165) is 37.0 Å². The van der Waals surface area contributed by atoms with E-state index < -0.39 is 5.60 Å².